The second kappa shape index (κ2) is 6.90. The monoisotopic (exact) mass is 359 g/mol. The quantitative estimate of drug-likeness (QED) is 0.745. The number of carbonyl (C=O) groups is 1. The summed E-state index contributed by atoms with van der Waals surface area (Å²) in [6.07, 6.45) is 1.59. The summed E-state index contributed by atoms with van der Waals surface area (Å²) < 4.78 is 10.7. The van der Waals surface area contributed by atoms with Crippen LogP contribution in [-0.2, 0) is 6.42 Å². The van der Waals surface area contributed by atoms with Gasteiger partial charge in [-0.25, -0.2) is 4.79 Å². The molecule has 1 N–H and O–H groups in total. The zero-order valence-corrected chi connectivity index (χ0v) is 14.2. The van der Waals surface area contributed by atoms with Crippen molar-refractivity contribution in [2.24, 2.45) is 0 Å². The highest BCUT2D eigenvalue weighted by molar-refractivity contribution is 6.31. The molecule has 1 aromatic carbocycles. The average molecular weight is 360 g/mol. The molecule has 0 aliphatic heterocycles. The van der Waals surface area contributed by atoms with Crippen molar-refractivity contribution in [1.82, 2.24) is 15.2 Å². The van der Waals surface area contributed by atoms with Crippen LogP contribution in [0, 0.1) is 6.92 Å². The van der Waals surface area contributed by atoms with Gasteiger partial charge in [0.2, 0.25) is 11.8 Å². The Morgan fingerprint density at radius 2 is 2.08 bits per heavy atom. The predicted molar refractivity (Wildman–Crippen MR) is 90.0 cm³/mol. The first-order valence-corrected chi connectivity index (χ1v) is 7.71. The number of pyridine rings is 1. The molecule has 0 aliphatic carbocycles. The average Bonchev–Trinajstić information content (AvgIpc) is 2.99. The van der Waals surface area contributed by atoms with Gasteiger partial charge in [-0.05, 0) is 24.3 Å². The van der Waals surface area contributed by atoms with Crippen LogP contribution in [-0.4, -0.2) is 33.4 Å². The molecule has 0 radical (unpaired) electrons. The van der Waals surface area contributed by atoms with E-state index in [-0.39, 0.29) is 12.0 Å². The molecule has 2 heterocycles. The molecule has 128 valence electrons. The topological polar surface area (TPSA) is 98.3 Å². The molecule has 0 bridgehead atoms. The number of hydrogen-bond acceptors (Lipinski definition) is 6. The molecule has 0 atom stereocenters. The summed E-state index contributed by atoms with van der Waals surface area (Å²) in [6, 6.07) is 6.68. The summed E-state index contributed by atoms with van der Waals surface area (Å²) in [5.74, 6) is 0.272. The first kappa shape index (κ1) is 16.9. The predicted octanol–water partition coefficient (Wildman–Crippen LogP) is 3.39. The number of methoxy groups -OCH3 is 1. The Morgan fingerprint density at radius 3 is 2.72 bits per heavy atom. The van der Waals surface area contributed by atoms with E-state index in [0.29, 0.717) is 39.4 Å². The van der Waals surface area contributed by atoms with Gasteiger partial charge in [0.1, 0.15) is 5.75 Å². The summed E-state index contributed by atoms with van der Waals surface area (Å²) in [5, 5.41) is 17.7. The maximum Gasteiger partial charge on any atom is 0.337 e. The van der Waals surface area contributed by atoms with Crippen LogP contribution in [0.1, 0.15) is 27.8 Å². The zero-order valence-electron chi connectivity index (χ0n) is 13.5. The van der Waals surface area contributed by atoms with Crippen LogP contribution in [0.15, 0.2) is 34.9 Å². The SMILES string of the molecule is COc1ccc(Cl)cc1-c1cc(Cc2nnc(C)o2)ncc1C(=O)O. The number of nitrogens with zero attached hydrogens (tertiary/aromatic N) is 3. The van der Waals surface area contributed by atoms with Crippen LogP contribution < -0.4 is 4.74 Å². The summed E-state index contributed by atoms with van der Waals surface area (Å²) >= 11 is 6.08. The van der Waals surface area contributed by atoms with E-state index in [0.717, 1.165) is 0 Å². The van der Waals surface area contributed by atoms with Gasteiger partial charge in [0, 0.05) is 29.3 Å². The van der Waals surface area contributed by atoms with Crippen molar-refractivity contribution >= 4 is 17.6 Å². The van der Waals surface area contributed by atoms with Gasteiger partial charge >= 0.3 is 5.97 Å². The molecule has 0 aliphatic rings. The van der Waals surface area contributed by atoms with Crippen molar-refractivity contribution in [3.63, 3.8) is 0 Å². The fraction of sp³-hybridized carbons (Fsp3) is 0.176. The minimum absolute atomic E-state index is 0.0472. The van der Waals surface area contributed by atoms with Crippen molar-refractivity contribution in [2.75, 3.05) is 7.11 Å². The van der Waals surface area contributed by atoms with Gasteiger partial charge in [-0.1, -0.05) is 11.6 Å². The molecule has 3 rings (SSSR count). The number of carboxylic acid groups (broad SMARTS) is 1. The van der Waals surface area contributed by atoms with Gasteiger partial charge in [0.05, 0.1) is 24.8 Å². The molecule has 0 spiro atoms. The maximum absolute atomic E-state index is 11.6. The van der Waals surface area contributed by atoms with Crippen LogP contribution in [0.5, 0.6) is 5.75 Å². The number of aromatic nitrogens is 3. The Hall–Kier alpha value is -2.93. The lowest BCUT2D eigenvalue weighted by atomic mass is 9.99. The second-order valence-corrected chi connectivity index (χ2v) is 5.70. The molecule has 2 aromatic heterocycles. The fourth-order valence-corrected chi connectivity index (χ4v) is 2.62. The summed E-state index contributed by atoms with van der Waals surface area (Å²) in [4.78, 5) is 15.8. The molecule has 0 saturated heterocycles. The number of aromatic carboxylic acids is 1. The first-order valence-electron chi connectivity index (χ1n) is 7.33. The number of benzene rings is 1. The van der Waals surface area contributed by atoms with E-state index in [2.05, 4.69) is 15.2 Å². The Morgan fingerprint density at radius 1 is 1.28 bits per heavy atom. The number of hydrogen-bond donors (Lipinski definition) is 1. The van der Waals surface area contributed by atoms with Gasteiger partial charge in [0.25, 0.3) is 0 Å². The smallest absolute Gasteiger partial charge is 0.337 e. The molecule has 0 saturated carbocycles. The van der Waals surface area contributed by atoms with Crippen LogP contribution in [0.3, 0.4) is 0 Å². The van der Waals surface area contributed by atoms with Gasteiger partial charge < -0.3 is 14.3 Å². The zero-order chi connectivity index (χ0) is 18.0. The van der Waals surface area contributed by atoms with Gasteiger partial charge in [-0.15, -0.1) is 10.2 Å². The molecular weight excluding hydrogens is 346 g/mol. The van der Waals surface area contributed by atoms with E-state index >= 15 is 0 Å². The van der Waals surface area contributed by atoms with Crippen molar-refractivity contribution in [2.45, 2.75) is 13.3 Å². The van der Waals surface area contributed by atoms with E-state index in [1.165, 1.54) is 13.3 Å². The van der Waals surface area contributed by atoms with Crippen molar-refractivity contribution in [3.05, 3.63) is 58.5 Å². The lowest BCUT2D eigenvalue weighted by molar-refractivity contribution is 0.0697. The van der Waals surface area contributed by atoms with Gasteiger partial charge in [0.15, 0.2) is 0 Å². The Kier molecular flexibility index (Phi) is 4.67. The highest BCUT2D eigenvalue weighted by Gasteiger charge is 2.18. The van der Waals surface area contributed by atoms with Gasteiger partial charge in [-0.2, -0.15) is 0 Å². The van der Waals surface area contributed by atoms with Crippen molar-refractivity contribution < 1.29 is 19.1 Å². The third kappa shape index (κ3) is 3.61. The third-order valence-corrected chi connectivity index (χ3v) is 3.78. The number of halogens is 1. The number of ether oxygens (including phenoxy) is 1. The fourth-order valence-electron chi connectivity index (χ4n) is 2.44. The molecule has 8 heteroatoms. The Balaban J connectivity index is 2.11. The van der Waals surface area contributed by atoms with E-state index in [1.54, 1.807) is 31.2 Å². The van der Waals surface area contributed by atoms with E-state index in [4.69, 9.17) is 20.8 Å². The van der Waals surface area contributed by atoms with Crippen molar-refractivity contribution in [1.29, 1.82) is 0 Å². The van der Waals surface area contributed by atoms with Gasteiger partial charge in [-0.3, -0.25) is 4.98 Å². The maximum atomic E-state index is 11.6. The first-order chi connectivity index (χ1) is 12.0. The normalized spacial score (nSPS) is 10.7. The lowest BCUT2D eigenvalue weighted by Crippen LogP contribution is -2.04. The van der Waals surface area contributed by atoms with Crippen LogP contribution in [0.2, 0.25) is 5.02 Å². The molecule has 0 unspecified atom stereocenters. The largest absolute Gasteiger partial charge is 0.496 e. The van der Waals surface area contributed by atoms with Crippen LogP contribution in [0.25, 0.3) is 11.1 Å². The Bertz CT molecular complexity index is 939. The third-order valence-electron chi connectivity index (χ3n) is 3.54. The minimum atomic E-state index is -1.09. The number of carboxylic acids is 1. The minimum Gasteiger partial charge on any atom is -0.496 e. The molecule has 3 aromatic rings. The van der Waals surface area contributed by atoms with E-state index < -0.39 is 5.97 Å². The summed E-state index contributed by atoms with van der Waals surface area (Å²) in [5.41, 5.74) is 1.66. The standard InChI is InChI=1S/C17H14ClN3O4/c1-9-20-21-16(25-9)7-11-6-12(14(8-19-11)17(22)23)13-5-10(18)3-4-15(13)24-2/h3-6,8H,7H2,1-2H3,(H,22,23). The van der Waals surface area contributed by atoms with E-state index in [1.807, 2.05) is 0 Å². The molecule has 25 heavy (non-hydrogen) atoms. The molecule has 7 nitrogen and oxygen atoms in total. The summed E-state index contributed by atoms with van der Waals surface area (Å²) in [7, 11) is 1.51. The van der Waals surface area contributed by atoms with E-state index in [9.17, 15) is 9.90 Å². The number of rotatable bonds is 5. The highest BCUT2D eigenvalue weighted by Crippen LogP contribution is 2.35. The second-order valence-electron chi connectivity index (χ2n) is 5.26. The highest BCUT2D eigenvalue weighted by atomic mass is 35.5. The molecular formula is C17H14ClN3O4. The van der Waals surface area contributed by atoms with Crippen LogP contribution >= 0.6 is 11.6 Å². The number of aryl methyl sites for hydroxylation is 1. The van der Waals surface area contributed by atoms with Crippen molar-refractivity contribution in [3.8, 4) is 16.9 Å². The Labute approximate surface area is 148 Å². The lowest BCUT2D eigenvalue weighted by Gasteiger charge is -2.12. The summed E-state index contributed by atoms with van der Waals surface area (Å²) in [6.45, 7) is 1.69. The molecule has 0 amide bonds. The molecule has 0 fully saturated rings. The van der Waals surface area contributed by atoms with Crippen LogP contribution in [0.4, 0.5) is 0 Å².